The van der Waals surface area contributed by atoms with Crippen LogP contribution in [0, 0.1) is 0 Å². The molecule has 0 bridgehead atoms. The molecule has 5 nitrogen and oxygen atoms in total. The van der Waals surface area contributed by atoms with Gasteiger partial charge in [-0.05, 0) is 12.5 Å². The van der Waals surface area contributed by atoms with E-state index in [1.54, 1.807) is 37.6 Å². The Kier molecular flexibility index (Phi) is 4.72. The average Bonchev–Trinajstić information content (AvgIpc) is 2.25. The highest BCUT2D eigenvalue weighted by atomic mass is 16.2. The van der Waals surface area contributed by atoms with Gasteiger partial charge >= 0.3 is 0 Å². The monoisotopic (exact) mass is 222 g/mol. The summed E-state index contributed by atoms with van der Waals surface area (Å²) in [7, 11) is 3.54. The number of nitrogens with one attached hydrogen (secondary N) is 2. The van der Waals surface area contributed by atoms with E-state index in [0.717, 1.165) is 18.7 Å². The molecule has 0 saturated carbocycles. The van der Waals surface area contributed by atoms with Gasteiger partial charge in [-0.1, -0.05) is 6.92 Å². The van der Waals surface area contributed by atoms with Crippen LogP contribution in [0.2, 0.25) is 0 Å². The molecular weight excluding hydrogens is 204 g/mol. The number of anilines is 1. The van der Waals surface area contributed by atoms with Crippen LogP contribution in [0.4, 0.5) is 5.69 Å². The Hall–Kier alpha value is -1.62. The Labute approximate surface area is 95.8 Å². The molecule has 0 spiro atoms. The van der Waals surface area contributed by atoms with Crippen molar-refractivity contribution < 1.29 is 4.79 Å². The van der Waals surface area contributed by atoms with Crippen LogP contribution in [0.25, 0.3) is 0 Å². The number of carbonyl (C=O) groups is 1. The van der Waals surface area contributed by atoms with Gasteiger partial charge in [-0.3, -0.25) is 15.2 Å². The van der Waals surface area contributed by atoms with Crippen molar-refractivity contribution in [2.45, 2.75) is 13.3 Å². The fourth-order valence-electron chi connectivity index (χ4n) is 1.25. The third-order valence-corrected chi connectivity index (χ3v) is 1.96. The quantitative estimate of drug-likeness (QED) is 0.733. The second kappa shape index (κ2) is 6.07. The molecule has 1 aromatic rings. The lowest BCUT2D eigenvalue weighted by molar-refractivity contribution is 0.0857. The Morgan fingerprint density at radius 1 is 1.50 bits per heavy atom. The predicted molar refractivity (Wildman–Crippen MR) is 64.2 cm³/mol. The van der Waals surface area contributed by atoms with Crippen LogP contribution in [0.15, 0.2) is 18.5 Å². The fraction of sp³-hybridized carbons (Fsp3) is 0.455. The molecule has 0 aromatic carbocycles. The molecule has 88 valence electrons. The van der Waals surface area contributed by atoms with E-state index in [0.29, 0.717) is 5.56 Å². The molecule has 2 N–H and O–H groups in total. The maximum atomic E-state index is 11.8. The molecule has 0 radical (unpaired) electrons. The number of pyridine rings is 1. The summed E-state index contributed by atoms with van der Waals surface area (Å²) in [6, 6.07) is 1.81. The standard InChI is InChI=1S/C11H18N4O/c1-4-6-13-10-5-7-12-8-9(10)11(16)14-15(2)3/h5,7-8H,4,6H2,1-3H3,(H,12,13)(H,14,16). The van der Waals surface area contributed by atoms with E-state index in [4.69, 9.17) is 0 Å². The van der Waals surface area contributed by atoms with E-state index in [-0.39, 0.29) is 5.91 Å². The van der Waals surface area contributed by atoms with Gasteiger partial charge in [-0.25, -0.2) is 5.01 Å². The molecule has 0 fully saturated rings. The second-order valence-electron chi connectivity index (χ2n) is 3.68. The summed E-state index contributed by atoms with van der Waals surface area (Å²) in [4.78, 5) is 15.8. The topological polar surface area (TPSA) is 57.3 Å². The van der Waals surface area contributed by atoms with Crippen molar-refractivity contribution in [3.05, 3.63) is 24.0 Å². The first-order valence-electron chi connectivity index (χ1n) is 5.31. The number of aromatic nitrogens is 1. The zero-order valence-electron chi connectivity index (χ0n) is 9.95. The minimum atomic E-state index is -0.156. The minimum Gasteiger partial charge on any atom is -0.384 e. The highest BCUT2D eigenvalue weighted by Gasteiger charge is 2.11. The van der Waals surface area contributed by atoms with Crippen LogP contribution < -0.4 is 10.7 Å². The Balaban J connectivity index is 2.81. The lowest BCUT2D eigenvalue weighted by Gasteiger charge is -2.14. The van der Waals surface area contributed by atoms with Gasteiger partial charge in [0.2, 0.25) is 0 Å². The fourth-order valence-corrected chi connectivity index (χ4v) is 1.25. The smallest absolute Gasteiger partial charge is 0.269 e. The van der Waals surface area contributed by atoms with Crippen LogP contribution in [0.5, 0.6) is 0 Å². The molecule has 0 aliphatic heterocycles. The van der Waals surface area contributed by atoms with Gasteiger partial charge in [0.15, 0.2) is 0 Å². The third-order valence-electron chi connectivity index (χ3n) is 1.96. The van der Waals surface area contributed by atoms with Gasteiger partial charge in [-0.2, -0.15) is 0 Å². The van der Waals surface area contributed by atoms with Gasteiger partial charge in [0.25, 0.3) is 5.91 Å². The molecule has 0 atom stereocenters. The highest BCUT2D eigenvalue weighted by molar-refractivity contribution is 5.98. The van der Waals surface area contributed by atoms with E-state index in [1.807, 2.05) is 0 Å². The van der Waals surface area contributed by atoms with Crippen LogP contribution >= 0.6 is 0 Å². The summed E-state index contributed by atoms with van der Waals surface area (Å²) in [6.07, 6.45) is 4.25. The summed E-state index contributed by atoms with van der Waals surface area (Å²) in [5.41, 5.74) is 4.07. The van der Waals surface area contributed by atoms with Crippen LogP contribution in [0.1, 0.15) is 23.7 Å². The van der Waals surface area contributed by atoms with Crippen LogP contribution in [-0.2, 0) is 0 Å². The first-order chi connectivity index (χ1) is 7.65. The number of rotatable bonds is 5. The molecule has 0 saturated heterocycles. The average molecular weight is 222 g/mol. The minimum absolute atomic E-state index is 0.156. The number of amides is 1. The van der Waals surface area contributed by atoms with Crippen molar-refractivity contribution in [3.8, 4) is 0 Å². The first kappa shape index (κ1) is 12.4. The van der Waals surface area contributed by atoms with E-state index >= 15 is 0 Å². The van der Waals surface area contributed by atoms with Crippen LogP contribution in [-0.4, -0.2) is 36.5 Å². The molecule has 1 aromatic heterocycles. The predicted octanol–water partition coefficient (Wildman–Crippen LogP) is 1.11. The molecular formula is C11H18N4O. The van der Waals surface area contributed by atoms with E-state index < -0.39 is 0 Å². The maximum absolute atomic E-state index is 11.8. The van der Waals surface area contributed by atoms with Crippen molar-refractivity contribution >= 4 is 11.6 Å². The molecule has 0 aliphatic rings. The van der Waals surface area contributed by atoms with E-state index in [9.17, 15) is 4.79 Å². The van der Waals surface area contributed by atoms with Gasteiger partial charge < -0.3 is 5.32 Å². The van der Waals surface area contributed by atoms with Gasteiger partial charge in [0.1, 0.15) is 0 Å². The van der Waals surface area contributed by atoms with Crippen molar-refractivity contribution in [3.63, 3.8) is 0 Å². The van der Waals surface area contributed by atoms with Crippen molar-refractivity contribution in [2.75, 3.05) is 26.0 Å². The second-order valence-corrected chi connectivity index (χ2v) is 3.68. The summed E-state index contributed by atoms with van der Waals surface area (Å²) in [5.74, 6) is -0.156. The Bertz CT molecular complexity index is 352. The lowest BCUT2D eigenvalue weighted by atomic mass is 10.2. The first-order valence-corrected chi connectivity index (χ1v) is 5.31. The molecule has 0 unspecified atom stereocenters. The largest absolute Gasteiger partial charge is 0.384 e. The van der Waals surface area contributed by atoms with Crippen molar-refractivity contribution in [1.82, 2.24) is 15.4 Å². The summed E-state index contributed by atoms with van der Waals surface area (Å²) < 4.78 is 0. The SMILES string of the molecule is CCCNc1ccncc1C(=O)NN(C)C. The number of hydrazine groups is 1. The van der Waals surface area contributed by atoms with Gasteiger partial charge in [0, 0.05) is 33.0 Å². The Morgan fingerprint density at radius 3 is 2.88 bits per heavy atom. The lowest BCUT2D eigenvalue weighted by Crippen LogP contribution is -2.36. The molecule has 1 amide bonds. The van der Waals surface area contributed by atoms with Crippen LogP contribution in [0.3, 0.4) is 0 Å². The number of carbonyl (C=O) groups excluding carboxylic acids is 1. The molecule has 1 heterocycles. The normalized spacial score (nSPS) is 10.2. The highest BCUT2D eigenvalue weighted by Crippen LogP contribution is 2.13. The summed E-state index contributed by atoms with van der Waals surface area (Å²) in [5, 5.41) is 4.81. The molecule has 5 heteroatoms. The summed E-state index contributed by atoms with van der Waals surface area (Å²) in [6.45, 7) is 2.92. The molecule has 0 aliphatic carbocycles. The maximum Gasteiger partial charge on any atom is 0.269 e. The third kappa shape index (κ3) is 3.51. The van der Waals surface area contributed by atoms with Crippen molar-refractivity contribution in [2.24, 2.45) is 0 Å². The molecule has 1 rings (SSSR count). The number of hydrogen-bond acceptors (Lipinski definition) is 4. The summed E-state index contributed by atoms with van der Waals surface area (Å²) >= 11 is 0. The Morgan fingerprint density at radius 2 is 2.25 bits per heavy atom. The zero-order valence-corrected chi connectivity index (χ0v) is 9.95. The zero-order chi connectivity index (χ0) is 12.0. The molecule has 16 heavy (non-hydrogen) atoms. The van der Waals surface area contributed by atoms with Crippen molar-refractivity contribution in [1.29, 1.82) is 0 Å². The van der Waals surface area contributed by atoms with E-state index in [1.165, 1.54) is 0 Å². The van der Waals surface area contributed by atoms with Gasteiger partial charge in [0.05, 0.1) is 11.3 Å². The van der Waals surface area contributed by atoms with Gasteiger partial charge in [-0.15, -0.1) is 0 Å². The number of nitrogens with zero attached hydrogens (tertiary/aromatic N) is 2. The van der Waals surface area contributed by atoms with E-state index in [2.05, 4.69) is 22.7 Å². The number of hydrogen-bond donors (Lipinski definition) is 2.